The van der Waals surface area contributed by atoms with Gasteiger partial charge >= 0.3 is 0 Å². The molecule has 1 saturated carbocycles. The highest BCUT2D eigenvalue weighted by atomic mass is 16.5. The van der Waals surface area contributed by atoms with E-state index in [0.29, 0.717) is 17.5 Å². The molecule has 1 amide bonds. The fraction of sp³-hybridized carbons (Fsp3) is 0.500. The predicted molar refractivity (Wildman–Crippen MR) is 88.1 cm³/mol. The van der Waals surface area contributed by atoms with E-state index in [-0.39, 0.29) is 5.91 Å². The van der Waals surface area contributed by atoms with Gasteiger partial charge in [-0.05, 0) is 55.4 Å². The summed E-state index contributed by atoms with van der Waals surface area (Å²) in [5.74, 6) is 2.09. The van der Waals surface area contributed by atoms with Gasteiger partial charge in [0, 0.05) is 12.1 Å². The monoisotopic (exact) mass is 303 g/mol. The lowest BCUT2D eigenvalue weighted by molar-refractivity contribution is -0.117. The van der Waals surface area contributed by atoms with E-state index in [4.69, 9.17) is 9.47 Å². The normalized spacial score (nSPS) is 21.6. The Hall–Kier alpha value is -1.97. The molecule has 22 heavy (non-hydrogen) atoms. The molecule has 1 fully saturated rings. The van der Waals surface area contributed by atoms with Crippen molar-refractivity contribution in [3.05, 3.63) is 29.8 Å². The molecule has 4 nitrogen and oxygen atoms in total. The van der Waals surface area contributed by atoms with Gasteiger partial charge in [0.05, 0.1) is 14.2 Å². The molecule has 1 aliphatic rings. The molecule has 1 aliphatic carbocycles. The van der Waals surface area contributed by atoms with E-state index >= 15 is 0 Å². The van der Waals surface area contributed by atoms with Gasteiger partial charge in [0.1, 0.15) is 0 Å². The number of ether oxygens (including phenoxy) is 2. The van der Waals surface area contributed by atoms with E-state index in [1.165, 1.54) is 12.8 Å². The Morgan fingerprint density at radius 2 is 1.82 bits per heavy atom. The number of rotatable bonds is 5. The number of nitrogens with one attached hydrogen (secondary N) is 1. The fourth-order valence-corrected chi connectivity index (χ4v) is 2.78. The molecular weight excluding hydrogens is 278 g/mol. The van der Waals surface area contributed by atoms with E-state index in [2.05, 4.69) is 12.2 Å². The molecule has 0 atom stereocenters. The molecule has 4 heteroatoms. The minimum atomic E-state index is -0.0330. The van der Waals surface area contributed by atoms with Gasteiger partial charge < -0.3 is 14.8 Å². The van der Waals surface area contributed by atoms with E-state index < -0.39 is 0 Å². The molecule has 2 rings (SSSR count). The molecule has 120 valence electrons. The van der Waals surface area contributed by atoms with Crippen LogP contribution in [0.25, 0.3) is 6.08 Å². The zero-order chi connectivity index (χ0) is 15.9. The maximum atomic E-state index is 12.0. The second kappa shape index (κ2) is 7.87. The van der Waals surface area contributed by atoms with Crippen molar-refractivity contribution < 1.29 is 14.3 Å². The number of methoxy groups -OCH3 is 2. The van der Waals surface area contributed by atoms with Crippen LogP contribution in [-0.4, -0.2) is 26.2 Å². The van der Waals surface area contributed by atoms with E-state index in [1.54, 1.807) is 26.4 Å². The fourth-order valence-electron chi connectivity index (χ4n) is 2.78. The van der Waals surface area contributed by atoms with Gasteiger partial charge in [-0.3, -0.25) is 4.79 Å². The second-order valence-electron chi connectivity index (χ2n) is 5.91. The zero-order valence-corrected chi connectivity index (χ0v) is 13.6. The summed E-state index contributed by atoms with van der Waals surface area (Å²) in [5, 5.41) is 3.08. The lowest BCUT2D eigenvalue weighted by atomic mass is 9.87. The Kier molecular flexibility index (Phi) is 5.87. The first-order valence-corrected chi connectivity index (χ1v) is 7.83. The summed E-state index contributed by atoms with van der Waals surface area (Å²) in [6.07, 6.45) is 7.94. The molecule has 0 aromatic heterocycles. The Labute approximate surface area is 132 Å². The van der Waals surface area contributed by atoms with Gasteiger partial charge in [0.2, 0.25) is 5.91 Å². The second-order valence-corrected chi connectivity index (χ2v) is 5.91. The first-order chi connectivity index (χ1) is 10.6. The summed E-state index contributed by atoms with van der Waals surface area (Å²) in [4.78, 5) is 12.0. The van der Waals surface area contributed by atoms with Crippen LogP contribution in [0.1, 0.15) is 38.2 Å². The van der Waals surface area contributed by atoms with Crippen molar-refractivity contribution in [3.8, 4) is 11.5 Å². The minimum Gasteiger partial charge on any atom is -0.493 e. The molecule has 0 aliphatic heterocycles. The molecule has 0 spiro atoms. The molecule has 0 radical (unpaired) electrons. The van der Waals surface area contributed by atoms with Gasteiger partial charge in [-0.1, -0.05) is 13.0 Å². The Morgan fingerprint density at radius 3 is 2.45 bits per heavy atom. The van der Waals surface area contributed by atoms with Crippen LogP contribution in [-0.2, 0) is 4.79 Å². The summed E-state index contributed by atoms with van der Waals surface area (Å²) in [7, 11) is 3.20. The summed E-state index contributed by atoms with van der Waals surface area (Å²) >= 11 is 0. The van der Waals surface area contributed by atoms with Gasteiger partial charge in [0.25, 0.3) is 0 Å². The third-order valence-electron chi connectivity index (χ3n) is 4.20. The van der Waals surface area contributed by atoms with Crippen molar-refractivity contribution >= 4 is 12.0 Å². The van der Waals surface area contributed by atoms with Crippen molar-refractivity contribution in [2.24, 2.45) is 5.92 Å². The molecule has 0 saturated heterocycles. The van der Waals surface area contributed by atoms with E-state index in [1.807, 2.05) is 18.2 Å². The Balaban J connectivity index is 1.92. The number of carbonyl (C=O) groups excluding carboxylic acids is 1. The Bertz CT molecular complexity index is 531. The predicted octanol–water partition coefficient (Wildman–Crippen LogP) is 3.41. The Morgan fingerprint density at radius 1 is 1.14 bits per heavy atom. The van der Waals surface area contributed by atoms with Gasteiger partial charge in [-0.15, -0.1) is 0 Å². The third-order valence-corrected chi connectivity index (χ3v) is 4.20. The maximum absolute atomic E-state index is 12.0. The number of carbonyl (C=O) groups is 1. The summed E-state index contributed by atoms with van der Waals surface area (Å²) in [6.45, 7) is 2.27. The summed E-state index contributed by atoms with van der Waals surface area (Å²) in [6, 6.07) is 5.90. The van der Waals surface area contributed by atoms with Crippen LogP contribution >= 0.6 is 0 Å². The highest BCUT2D eigenvalue weighted by Gasteiger charge is 2.18. The van der Waals surface area contributed by atoms with Crippen LogP contribution in [0.3, 0.4) is 0 Å². The van der Waals surface area contributed by atoms with Gasteiger partial charge in [0.15, 0.2) is 11.5 Å². The van der Waals surface area contributed by atoms with Crippen molar-refractivity contribution in [2.75, 3.05) is 14.2 Å². The van der Waals surface area contributed by atoms with Crippen molar-refractivity contribution in [2.45, 2.75) is 38.6 Å². The quantitative estimate of drug-likeness (QED) is 0.848. The van der Waals surface area contributed by atoms with Crippen molar-refractivity contribution in [1.29, 1.82) is 0 Å². The van der Waals surface area contributed by atoms with Crippen LogP contribution in [0, 0.1) is 5.92 Å². The molecular formula is C18H25NO3. The van der Waals surface area contributed by atoms with Crippen LogP contribution in [0.5, 0.6) is 11.5 Å². The topological polar surface area (TPSA) is 47.6 Å². The van der Waals surface area contributed by atoms with Gasteiger partial charge in [-0.25, -0.2) is 0 Å². The maximum Gasteiger partial charge on any atom is 0.244 e. The summed E-state index contributed by atoms with van der Waals surface area (Å²) in [5.41, 5.74) is 0.907. The number of amides is 1. The van der Waals surface area contributed by atoms with E-state index in [0.717, 1.165) is 24.3 Å². The molecule has 0 heterocycles. The average Bonchev–Trinajstić information content (AvgIpc) is 2.54. The zero-order valence-electron chi connectivity index (χ0n) is 13.6. The molecule has 1 aromatic carbocycles. The lowest BCUT2D eigenvalue weighted by Crippen LogP contribution is -2.36. The smallest absolute Gasteiger partial charge is 0.244 e. The first kappa shape index (κ1) is 16.4. The molecule has 0 unspecified atom stereocenters. The molecule has 0 bridgehead atoms. The average molecular weight is 303 g/mol. The summed E-state index contributed by atoms with van der Waals surface area (Å²) < 4.78 is 10.5. The third kappa shape index (κ3) is 4.52. The SMILES string of the molecule is COc1ccc(/C=C\C(=O)NC2CCC(C)CC2)cc1OC. The van der Waals surface area contributed by atoms with Crippen LogP contribution in [0.2, 0.25) is 0 Å². The first-order valence-electron chi connectivity index (χ1n) is 7.83. The number of benzene rings is 1. The minimum absolute atomic E-state index is 0.0330. The van der Waals surface area contributed by atoms with Crippen molar-refractivity contribution in [3.63, 3.8) is 0 Å². The highest BCUT2D eigenvalue weighted by molar-refractivity contribution is 5.92. The molecule has 1 aromatic rings. The van der Waals surface area contributed by atoms with E-state index in [9.17, 15) is 4.79 Å². The standard InChI is InChI=1S/C18H25NO3/c1-13-4-8-15(9-5-13)19-18(20)11-7-14-6-10-16(21-2)17(12-14)22-3/h6-7,10-13,15H,4-5,8-9H2,1-3H3,(H,19,20)/b11-7-. The van der Waals surface area contributed by atoms with Crippen LogP contribution < -0.4 is 14.8 Å². The van der Waals surface area contributed by atoms with Crippen LogP contribution in [0.15, 0.2) is 24.3 Å². The van der Waals surface area contributed by atoms with Crippen molar-refractivity contribution in [1.82, 2.24) is 5.32 Å². The lowest BCUT2D eigenvalue weighted by Gasteiger charge is -2.26. The van der Waals surface area contributed by atoms with Crippen LogP contribution in [0.4, 0.5) is 0 Å². The largest absolute Gasteiger partial charge is 0.493 e. The molecule has 1 N–H and O–H groups in total. The number of hydrogen-bond donors (Lipinski definition) is 1. The van der Waals surface area contributed by atoms with Gasteiger partial charge in [-0.2, -0.15) is 0 Å². The number of hydrogen-bond acceptors (Lipinski definition) is 3. The highest BCUT2D eigenvalue weighted by Crippen LogP contribution is 2.28.